The second-order valence-electron chi connectivity index (χ2n) is 6.18. The van der Waals surface area contributed by atoms with E-state index in [0.29, 0.717) is 11.4 Å². The van der Waals surface area contributed by atoms with E-state index in [1.165, 1.54) is 0 Å². The van der Waals surface area contributed by atoms with Crippen molar-refractivity contribution in [1.29, 1.82) is 0 Å². The Balaban J connectivity index is 1.98. The molecule has 2 rings (SSSR count). The minimum Gasteiger partial charge on any atom is -0.497 e. The number of benzene rings is 2. The summed E-state index contributed by atoms with van der Waals surface area (Å²) in [5, 5.41) is 0.577. The van der Waals surface area contributed by atoms with Crippen LogP contribution >= 0.6 is 11.6 Å². The third kappa shape index (κ3) is 5.71. The molecule has 7 heteroatoms. The van der Waals surface area contributed by atoms with Gasteiger partial charge >= 0.3 is 0 Å². The first kappa shape index (κ1) is 20.7. The molecule has 0 fully saturated rings. The second-order valence-corrected chi connectivity index (χ2v) is 8.55. The number of methoxy groups -OCH3 is 2. The van der Waals surface area contributed by atoms with Crippen molar-refractivity contribution in [3.63, 3.8) is 0 Å². The van der Waals surface area contributed by atoms with Crippen molar-refractivity contribution in [3.8, 4) is 5.75 Å². The molecule has 0 aliphatic heterocycles. The molecule has 2 aromatic rings. The minimum absolute atomic E-state index is 0.00529. The Kier molecular flexibility index (Phi) is 7.06. The lowest BCUT2D eigenvalue weighted by Gasteiger charge is -2.29. The van der Waals surface area contributed by atoms with Gasteiger partial charge in [0.25, 0.3) is 0 Å². The first-order valence-electron chi connectivity index (χ1n) is 8.19. The number of aryl methyl sites for hydroxylation is 1. The number of hydrogen-bond donors (Lipinski definition) is 1. The zero-order valence-corrected chi connectivity index (χ0v) is 16.7. The van der Waals surface area contributed by atoms with Gasteiger partial charge in [-0.25, -0.2) is 13.1 Å². The monoisotopic (exact) mass is 397 g/mol. The zero-order valence-electron chi connectivity index (χ0n) is 15.2. The number of rotatable bonds is 9. The zero-order chi connectivity index (χ0) is 19.2. The predicted molar refractivity (Wildman–Crippen MR) is 104 cm³/mol. The van der Waals surface area contributed by atoms with Gasteiger partial charge in [-0.3, -0.25) is 0 Å². The third-order valence-electron chi connectivity index (χ3n) is 4.33. The van der Waals surface area contributed by atoms with Gasteiger partial charge in [-0.1, -0.05) is 35.9 Å². The van der Waals surface area contributed by atoms with Crippen LogP contribution in [0.1, 0.15) is 18.1 Å². The highest BCUT2D eigenvalue weighted by Gasteiger charge is 2.28. The lowest BCUT2D eigenvalue weighted by atomic mass is 9.96. The molecular formula is C19H24ClNO4S. The SMILES string of the molecule is COc1ccc(CCS(=O)(=O)NC[C@](C)(OC)c2cccc(Cl)c2)cc1. The standard InChI is InChI=1S/C19H24ClNO4S/c1-19(25-3,16-5-4-6-17(20)13-16)14-21-26(22,23)12-11-15-7-9-18(24-2)10-8-15/h4-10,13,21H,11-12,14H2,1-3H3/t19-/m0/s1. The Morgan fingerprint density at radius 1 is 1.12 bits per heavy atom. The lowest BCUT2D eigenvalue weighted by molar-refractivity contribution is 0.00699. The summed E-state index contributed by atoms with van der Waals surface area (Å²) in [5.74, 6) is 0.737. The largest absolute Gasteiger partial charge is 0.497 e. The van der Waals surface area contributed by atoms with E-state index in [9.17, 15) is 8.42 Å². The Morgan fingerprint density at radius 3 is 2.38 bits per heavy atom. The molecule has 5 nitrogen and oxygen atoms in total. The van der Waals surface area contributed by atoms with E-state index in [4.69, 9.17) is 21.1 Å². The topological polar surface area (TPSA) is 64.6 Å². The van der Waals surface area contributed by atoms with Crippen molar-refractivity contribution in [3.05, 3.63) is 64.7 Å². The van der Waals surface area contributed by atoms with Crippen LogP contribution in [0.3, 0.4) is 0 Å². The summed E-state index contributed by atoms with van der Waals surface area (Å²) in [4.78, 5) is 0. The molecule has 0 spiro atoms. The van der Waals surface area contributed by atoms with Crippen molar-refractivity contribution < 1.29 is 17.9 Å². The van der Waals surface area contributed by atoms with E-state index in [-0.39, 0.29) is 12.3 Å². The molecule has 0 radical (unpaired) electrons. The van der Waals surface area contributed by atoms with Crippen molar-refractivity contribution >= 4 is 21.6 Å². The number of halogens is 1. The molecule has 0 aliphatic carbocycles. The highest BCUT2D eigenvalue weighted by molar-refractivity contribution is 7.89. The summed E-state index contributed by atoms with van der Waals surface area (Å²) in [6.45, 7) is 1.94. The van der Waals surface area contributed by atoms with Gasteiger partial charge in [0.1, 0.15) is 11.4 Å². The van der Waals surface area contributed by atoms with E-state index in [1.807, 2.05) is 43.3 Å². The fraction of sp³-hybridized carbons (Fsp3) is 0.368. The van der Waals surface area contributed by atoms with Gasteiger partial charge in [-0.05, 0) is 48.7 Å². The fourth-order valence-corrected chi connectivity index (χ4v) is 3.81. The van der Waals surface area contributed by atoms with Crippen molar-refractivity contribution in [2.75, 3.05) is 26.5 Å². The lowest BCUT2D eigenvalue weighted by Crippen LogP contribution is -2.41. The maximum Gasteiger partial charge on any atom is 0.212 e. The van der Waals surface area contributed by atoms with Crippen LogP contribution in [0.5, 0.6) is 5.75 Å². The van der Waals surface area contributed by atoms with Crippen molar-refractivity contribution in [2.24, 2.45) is 0 Å². The molecule has 0 unspecified atom stereocenters. The molecule has 2 aromatic carbocycles. The highest BCUT2D eigenvalue weighted by atomic mass is 35.5. The van der Waals surface area contributed by atoms with Gasteiger partial charge in [0.2, 0.25) is 10.0 Å². The van der Waals surface area contributed by atoms with Gasteiger partial charge in [0.05, 0.1) is 12.9 Å². The molecule has 1 atom stereocenters. The van der Waals surface area contributed by atoms with Crippen LogP contribution in [0.25, 0.3) is 0 Å². The Morgan fingerprint density at radius 2 is 1.81 bits per heavy atom. The number of ether oxygens (including phenoxy) is 2. The maximum atomic E-state index is 12.4. The molecule has 0 saturated carbocycles. The van der Waals surface area contributed by atoms with E-state index in [0.717, 1.165) is 16.9 Å². The van der Waals surface area contributed by atoms with Crippen LogP contribution in [0, 0.1) is 0 Å². The average Bonchev–Trinajstić information content (AvgIpc) is 2.65. The molecule has 0 bridgehead atoms. The van der Waals surface area contributed by atoms with E-state index < -0.39 is 15.6 Å². The summed E-state index contributed by atoms with van der Waals surface area (Å²) < 4.78 is 38.0. The number of hydrogen-bond acceptors (Lipinski definition) is 4. The summed E-state index contributed by atoms with van der Waals surface area (Å²) in [6.07, 6.45) is 0.417. The van der Waals surface area contributed by atoms with E-state index in [1.54, 1.807) is 26.4 Å². The first-order chi connectivity index (χ1) is 12.3. The predicted octanol–water partition coefficient (Wildman–Crippen LogP) is 3.37. The number of nitrogens with one attached hydrogen (secondary N) is 1. The Hall–Kier alpha value is -1.60. The smallest absolute Gasteiger partial charge is 0.212 e. The van der Waals surface area contributed by atoms with Crippen LogP contribution in [0.4, 0.5) is 0 Å². The molecule has 142 valence electrons. The van der Waals surface area contributed by atoms with Crippen molar-refractivity contribution in [2.45, 2.75) is 18.9 Å². The summed E-state index contributed by atoms with van der Waals surface area (Å²) in [5.41, 5.74) is 0.934. The quantitative estimate of drug-likeness (QED) is 0.704. The van der Waals surface area contributed by atoms with E-state index >= 15 is 0 Å². The molecule has 0 aromatic heterocycles. The third-order valence-corrected chi connectivity index (χ3v) is 5.89. The second kappa shape index (κ2) is 8.86. The Bertz CT molecular complexity index is 824. The van der Waals surface area contributed by atoms with Gasteiger partial charge in [0.15, 0.2) is 0 Å². The van der Waals surface area contributed by atoms with Crippen molar-refractivity contribution in [1.82, 2.24) is 4.72 Å². The molecule has 0 heterocycles. The van der Waals surface area contributed by atoms with Gasteiger partial charge in [0, 0.05) is 18.7 Å². The van der Waals surface area contributed by atoms with E-state index in [2.05, 4.69) is 4.72 Å². The highest BCUT2D eigenvalue weighted by Crippen LogP contribution is 2.26. The molecule has 0 saturated heterocycles. The Labute approximate surface area is 160 Å². The first-order valence-corrected chi connectivity index (χ1v) is 10.2. The summed E-state index contributed by atoms with van der Waals surface area (Å²) >= 11 is 6.03. The van der Waals surface area contributed by atoms with Gasteiger partial charge in [-0.15, -0.1) is 0 Å². The molecule has 0 aliphatic rings. The van der Waals surface area contributed by atoms with Gasteiger partial charge in [-0.2, -0.15) is 0 Å². The summed E-state index contributed by atoms with van der Waals surface area (Å²) in [7, 11) is -0.310. The molecular weight excluding hydrogens is 374 g/mol. The molecule has 26 heavy (non-hydrogen) atoms. The average molecular weight is 398 g/mol. The van der Waals surface area contributed by atoms with Crippen LogP contribution in [-0.2, 0) is 26.8 Å². The van der Waals surface area contributed by atoms with Crippen LogP contribution in [0.2, 0.25) is 5.02 Å². The molecule has 0 amide bonds. The van der Waals surface area contributed by atoms with Crippen LogP contribution < -0.4 is 9.46 Å². The number of sulfonamides is 1. The van der Waals surface area contributed by atoms with Crippen LogP contribution in [0.15, 0.2) is 48.5 Å². The van der Waals surface area contributed by atoms with Gasteiger partial charge < -0.3 is 9.47 Å². The van der Waals surface area contributed by atoms with Crippen LogP contribution in [-0.4, -0.2) is 34.9 Å². The summed E-state index contributed by atoms with van der Waals surface area (Å²) in [6, 6.07) is 14.6. The normalized spacial score (nSPS) is 14.0. The minimum atomic E-state index is -3.45. The molecule has 1 N–H and O–H groups in total. The maximum absolute atomic E-state index is 12.4. The fourth-order valence-electron chi connectivity index (χ4n) is 2.47.